The highest BCUT2D eigenvalue weighted by molar-refractivity contribution is 5.71. The number of hydrogen-bond acceptors (Lipinski definition) is 6. The van der Waals surface area contributed by atoms with Crippen LogP contribution >= 0.6 is 0 Å². The molecule has 0 aliphatic heterocycles. The number of rotatable bonds is 42. The summed E-state index contributed by atoms with van der Waals surface area (Å²) >= 11 is 0. The normalized spacial score (nSPS) is 12.7. The molecule has 0 spiro atoms. The third-order valence-corrected chi connectivity index (χ3v) is 9.95. The van der Waals surface area contributed by atoms with Gasteiger partial charge in [0.2, 0.25) is 0 Å². The first-order valence-corrected chi connectivity index (χ1v) is 23.9. The van der Waals surface area contributed by atoms with Gasteiger partial charge < -0.3 is 14.2 Å². The van der Waals surface area contributed by atoms with E-state index in [9.17, 15) is 14.4 Å². The number of ether oxygens (including phenoxy) is 3. The summed E-state index contributed by atoms with van der Waals surface area (Å²) in [7, 11) is 0. The highest BCUT2D eigenvalue weighted by Gasteiger charge is 2.19. The van der Waals surface area contributed by atoms with Crippen molar-refractivity contribution in [3.05, 3.63) is 72.9 Å². The van der Waals surface area contributed by atoms with Crippen LogP contribution < -0.4 is 0 Å². The molecule has 0 saturated heterocycles. The Morgan fingerprint density at radius 1 is 0.362 bits per heavy atom. The van der Waals surface area contributed by atoms with Crippen LogP contribution in [0, 0.1) is 0 Å². The van der Waals surface area contributed by atoms with Gasteiger partial charge in [0.25, 0.3) is 0 Å². The zero-order chi connectivity index (χ0) is 42.3. The zero-order valence-corrected chi connectivity index (χ0v) is 37.8. The minimum Gasteiger partial charge on any atom is -0.462 e. The summed E-state index contributed by atoms with van der Waals surface area (Å²) in [5.74, 6) is -0.922. The molecule has 0 saturated carbocycles. The van der Waals surface area contributed by atoms with Gasteiger partial charge in [-0.1, -0.05) is 190 Å². The number of allylic oxidation sites excluding steroid dienone is 12. The largest absolute Gasteiger partial charge is 0.462 e. The van der Waals surface area contributed by atoms with E-state index in [1.54, 1.807) is 0 Å². The van der Waals surface area contributed by atoms with Crippen molar-refractivity contribution in [1.29, 1.82) is 0 Å². The average Bonchev–Trinajstić information content (AvgIpc) is 3.22. The first-order valence-electron chi connectivity index (χ1n) is 23.9. The zero-order valence-electron chi connectivity index (χ0n) is 37.8. The molecule has 6 heteroatoms. The molecule has 0 N–H and O–H groups in total. The van der Waals surface area contributed by atoms with Crippen molar-refractivity contribution in [2.45, 2.75) is 226 Å². The van der Waals surface area contributed by atoms with Crippen LogP contribution in [0.2, 0.25) is 0 Å². The van der Waals surface area contributed by atoms with E-state index < -0.39 is 6.10 Å². The molecule has 0 heterocycles. The quantitative estimate of drug-likeness (QED) is 0.0264. The van der Waals surface area contributed by atoms with E-state index in [0.29, 0.717) is 19.3 Å². The van der Waals surface area contributed by atoms with Gasteiger partial charge >= 0.3 is 17.9 Å². The number of esters is 3. The summed E-state index contributed by atoms with van der Waals surface area (Å²) in [6, 6.07) is 0. The molecule has 0 aromatic carbocycles. The number of hydrogen-bond donors (Lipinski definition) is 0. The van der Waals surface area contributed by atoms with E-state index >= 15 is 0 Å². The van der Waals surface area contributed by atoms with Gasteiger partial charge in [0.1, 0.15) is 13.2 Å². The van der Waals surface area contributed by atoms with Crippen LogP contribution in [0.4, 0.5) is 0 Å². The van der Waals surface area contributed by atoms with Gasteiger partial charge in [-0.25, -0.2) is 0 Å². The van der Waals surface area contributed by atoms with Crippen molar-refractivity contribution in [1.82, 2.24) is 0 Å². The van der Waals surface area contributed by atoms with E-state index in [4.69, 9.17) is 14.2 Å². The predicted molar refractivity (Wildman–Crippen MR) is 247 cm³/mol. The second-order valence-electron chi connectivity index (χ2n) is 15.6. The van der Waals surface area contributed by atoms with Crippen LogP contribution in [0.3, 0.4) is 0 Å². The Kier molecular flexibility index (Phi) is 44.0. The Hall–Kier alpha value is -3.15. The SMILES string of the molecule is CC/C=C\C/C=C\C/C=C\C/C=C\C/C=C\CCCCCCCC(=O)OCC(COC(=O)CCCCCCCCCC)OC(=O)CCCCCCC/C=C\CCCC. The Balaban J connectivity index is 4.31. The number of unbranched alkanes of at least 4 members (excludes halogenated alkanes) is 19. The standard InChI is InChI=1S/C52H88O6/c1-4-7-10-13-16-19-21-22-23-24-25-26-27-28-29-30-32-33-36-39-42-45-51(54)57-48-49(47-56-50(53)44-41-38-35-18-15-12-9-6-3)58-52(55)46-43-40-37-34-31-20-17-14-11-8-5-2/h7,10,14,16-17,19,22-23,25-26,28-29,49H,4-6,8-9,11-13,15,18,20-21,24,27,30-48H2,1-3H3/b10-7-,17-14-,19-16-,23-22-,26-25-,29-28-. The second-order valence-corrected chi connectivity index (χ2v) is 15.6. The fourth-order valence-electron chi connectivity index (χ4n) is 6.33. The smallest absolute Gasteiger partial charge is 0.306 e. The summed E-state index contributed by atoms with van der Waals surface area (Å²) in [4.78, 5) is 37.7. The van der Waals surface area contributed by atoms with E-state index in [1.165, 1.54) is 57.8 Å². The van der Waals surface area contributed by atoms with Crippen molar-refractivity contribution >= 4 is 17.9 Å². The maximum atomic E-state index is 12.7. The number of carbonyl (C=O) groups excluding carboxylic acids is 3. The number of carbonyl (C=O) groups is 3. The first-order chi connectivity index (χ1) is 28.5. The molecule has 0 bridgehead atoms. The summed E-state index contributed by atoms with van der Waals surface area (Å²) in [6.45, 7) is 6.42. The summed E-state index contributed by atoms with van der Waals surface area (Å²) in [6.07, 6.45) is 57.5. The van der Waals surface area contributed by atoms with E-state index in [2.05, 4.69) is 93.7 Å². The topological polar surface area (TPSA) is 78.9 Å². The summed E-state index contributed by atoms with van der Waals surface area (Å²) in [5.41, 5.74) is 0. The Bertz CT molecular complexity index is 1110. The van der Waals surface area contributed by atoms with Gasteiger partial charge in [0, 0.05) is 19.3 Å². The molecule has 58 heavy (non-hydrogen) atoms. The molecule has 0 aromatic rings. The molecule has 0 radical (unpaired) electrons. The Morgan fingerprint density at radius 2 is 0.690 bits per heavy atom. The molecular formula is C52H88O6. The highest BCUT2D eigenvalue weighted by atomic mass is 16.6. The van der Waals surface area contributed by atoms with Gasteiger partial charge in [-0.3, -0.25) is 14.4 Å². The van der Waals surface area contributed by atoms with Crippen molar-refractivity contribution in [2.75, 3.05) is 13.2 Å². The molecule has 0 aromatic heterocycles. The molecule has 332 valence electrons. The van der Waals surface area contributed by atoms with Crippen LogP contribution in [0.1, 0.15) is 220 Å². The monoisotopic (exact) mass is 809 g/mol. The summed E-state index contributed by atoms with van der Waals surface area (Å²) < 4.78 is 16.7. The third kappa shape index (κ3) is 44.0. The molecule has 1 unspecified atom stereocenters. The lowest BCUT2D eigenvalue weighted by molar-refractivity contribution is -0.167. The van der Waals surface area contributed by atoms with E-state index in [-0.39, 0.29) is 31.1 Å². The van der Waals surface area contributed by atoms with Crippen LogP contribution in [0.25, 0.3) is 0 Å². The maximum absolute atomic E-state index is 12.7. The second kappa shape index (κ2) is 46.5. The lowest BCUT2D eigenvalue weighted by Crippen LogP contribution is -2.30. The van der Waals surface area contributed by atoms with Crippen LogP contribution in [-0.4, -0.2) is 37.2 Å². The lowest BCUT2D eigenvalue weighted by atomic mass is 10.1. The minimum absolute atomic E-state index is 0.0848. The van der Waals surface area contributed by atoms with Gasteiger partial charge in [0.15, 0.2) is 6.10 Å². The van der Waals surface area contributed by atoms with Gasteiger partial charge in [0.05, 0.1) is 0 Å². The van der Waals surface area contributed by atoms with Crippen molar-refractivity contribution < 1.29 is 28.6 Å². The molecule has 6 nitrogen and oxygen atoms in total. The predicted octanol–water partition coefficient (Wildman–Crippen LogP) is 15.5. The fraction of sp³-hybridized carbons (Fsp3) is 0.712. The van der Waals surface area contributed by atoms with Gasteiger partial charge in [-0.05, 0) is 83.5 Å². The molecule has 0 aliphatic rings. The van der Waals surface area contributed by atoms with Crippen LogP contribution in [0.15, 0.2) is 72.9 Å². The maximum Gasteiger partial charge on any atom is 0.306 e. The molecule has 0 amide bonds. The minimum atomic E-state index is -0.783. The van der Waals surface area contributed by atoms with Gasteiger partial charge in [-0.2, -0.15) is 0 Å². The van der Waals surface area contributed by atoms with Crippen molar-refractivity contribution in [3.8, 4) is 0 Å². The highest BCUT2D eigenvalue weighted by Crippen LogP contribution is 2.13. The molecule has 1 atom stereocenters. The van der Waals surface area contributed by atoms with Crippen molar-refractivity contribution in [2.24, 2.45) is 0 Å². The van der Waals surface area contributed by atoms with E-state index in [0.717, 1.165) is 122 Å². The lowest BCUT2D eigenvalue weighted by Gasteiger charge is -2.18. The Morgan fingerprint density at radius 3 is 1.12 bits per heavy atom. The average molecular weight is 809 g/mol. The van der Waals surface area contributed by atoms with Crippen LogP contribution in [-0.2, 0) is 28.6 Å². The van der Waals surface area contributed by atoms with E-state index in [1.807, 2.05) is 0 Å². The molecule has 0 aliphatic carbocycles. The Labute approximate surface area is 357 Å². The molecular weight excluding hydrogens is 721 g/mol. The van der Waals surface area contributed by atoms with Crippen molar-refractivity contribution in [3.63, 3.8) is 0 Å². The van der Waals surface area contributed by atoms with Gasteiger partial charge in [-0.15, -0.1) is 0 Å². The fourth-order valence-corrected chi connectivity index (χ4v) is 6.33. The first kappa shape index (κ1) is 54.9. The molecule has 0 fully saturated rings. The third-order valence-electron chi connectivity index (χ3n) is 9.95. The van der Waals surface area contributed by atoms with Crippen LogP contribution in [0.5, 0.6) is 0 Å². The summed E-state index contributed by atoms with van der Waals surface area (Å²) in [5, 5.41) is 0. The molecule has 0 rings (SSSR count).